The molecule has 0 saturated heterocycles. The van der Waals surface area contributed by atoms with Gasteiger partial charge < -0.3 is 5.32 Å². The molecule has 0 aromatic heterocycles. The van der Waals surface area contributed by atoms with Gasteiger partial charge in [-0.15, -0.1) is 0 Å². The molecule has 1 heterocycles. The van der Waals surface area contributed by atoms with Crippen molar-refractivity contribution in [3.05, 3.63) is 46.3 Å². The van der Waals surface area contributed by atoms with E-state index in [1.807, 2.05) is 0 Å². The fourth-order valence-corrected chi connectivity index (χ4v) is 0.768. The van der Waals surface area contributed by atoms with E-state index >= 15 is 0 Å². The Labute approximate surface area is 64.1 Å². The standard InChI is InChI=1S/C7H8N2O2/c1-6(9(10)11)4-7-2-3-8-5-7/h2-4,8H,1,5H2/b7-4-. The van der Waals surface area contributed by atoms with Crippen LogP contribution in [0.2, 0.25) is 0 Å². The first-order chi connectivity index (χ1) is 5.20. The van der Waals surface area contributed by atoms with Crippen LogP contribution in [0.3, 0.4) is 0 Å². The average molecular weight is 152 g/mol. The number of hydrogen-bond donors (Lipinski definition) is 1. The van der Waals surface area contributed by atoms with Gasteiger partial charge in [0, 0.05) is 12.6 Å². The summed E-state index contributed by atoms with van der Waals surface area (Å²) in [5, 5.41) is 13.0. The summed E-state index contributed by atoms with van der Waals surface area (Å²) in [5.74, 6) is 0. The fraction of sp³-hybridized carbons (Fsp3) is 0.143. The van der Waals surface area contributed by atoms with E-state index in [0.717, 1.165) is 5.57 Å². The maximum Gasteiger partial charge on any atom is 0.262 e. The van der Waals surface area contributed by atoms with E-state index in [0.29, 0.717) is 6.54 Å². The molecule has 0 radical (unpaired) electrons. The third-order valence-corrected chi connectivity index (χ3v) is 1.31. The monoisotopic (exact) mass is 152 g/mol. The van der Waals surface area contributed by atoms with Crippen molar-refractivity contribution in [1.29, 1.82) is 0 Å². The number of hydrogen-bond acceptors (Lipinski definition) is 3. The quantitative estimate of drug-likeness (QED) is 0.470. The molecule has 1 aliphatic heterocycles. The van der Waals surface area contributed by atoms with Gasteiger partial charge in [0.15, 0.2) is 0 Å². The van der Waals surface area contributed by atoms with Gasteiger partial charge in [0.1, 0.15) is 0 Å². The molecule has 4 nitrogen and oxygen atoms in total. The Kier molecular flexibility index (Phi) is 2.06. The predicted octanol–water partition coefficient (Wildman–Crippen LogP) is 0.820. The van der Waals surface area contributed by atoms with Crippen molar-refractivity contribution >= 4 is 0 Å². The van der Waals surface area contributed by atoms with Gasteiger partial charge in [0.05, 0.1) is 4.92 Å². The fourth-order valence-electron chi connectivity index (χ4n) is 0.768. The minimum absolute atomic E-state index is 0.0756. The summed E-state index contributed by atoms with van der Waals surface area (Å²) in [4.78, 5) is 9.60. The molecule has 0 spiro atoms. The molecule has 58 valence electrons. The summed E-state index contributed by atoms with van der Waals surface area (Å²) >= 11 is 0. The van der Waals surface area contributed by atoms with Crippen molar-refractivity contribution in [3.63, 3.8) is 0 Å². The Morgan fingerprint density at radius 2 is 2.64 bits per heavy atom. The van der Waals surface area contributed by atoms with E-state index in [4.69, 9.17) is 0 Å². The first kappa shape index (κ1) is 7.53. The highest BCUT2D eigenvalue weighted by molar-refractivity contribution is 5.30. The molecule has 1 rings (SSSR count). The maximum absolute atomic E-state index is 10.1. The van der Waals surface area contributed by atoms with Crippen LogP contribution in [-0.2, 0) is 0 Å². The van der Waals surface area contributed by atoms with Gasteiger partial charge in [-0.2, -0.15) is 0 Å². The molecule has 0 aromatic carbocycles. The predicted molar refractivity (Wildman–Crippen MR) is 41.4 cm³/mol. The van der Waals surface area contributed by atoms with Crippen LogP contribution in [-0.4, -0.2) is 11.5 Å². The van der Waals surface area contributed by atoms with E-state index < -0.39 is 4.92 Å². The Morgan fingerprint density at radius 3 is 3.09 bits per heavy atom. The van der Waals surface area contributed by atoms with Crippen LogP contribution in [0.1, 0.15) is 0 Å². The molecule has 4 heteroatoms. The summed E-state index contributed by atoms with van der Waals surface area (Å²) < 4.78 is 0. The molecule has 0 bridgehead atoms. The molecule has 0 amide bonds. The van der Waals surface area contributed by atoms with Crippen molar-refractivity contribution in [2.75, 3.05) is 6.54 Å². The van der Waals surface area contributed by atoms with Crippen LogP contribution in [0.5, 0.6) is 0 Å². The third kappa shape index (κ3) is 1.93. The van der Waals surface area contributed by atoms with Crippen molar-refractivity contribution in [3.8, 4) is 0 Å². The van der Waals surface area contributed by atoms with E-state index in [-0.39, 0.29) is 5.70 Å². The van der Waals surface area contributed by atoms with E-state index in [9.17, 15) is 10.1 Å². The van der Waals surface area contributed by atoms with Crippen molar-refractivity contribution in [2.45, 2.75) is 0 Å². The van der Waals surface area contributed by atoms with Gasteiger partial charge in [0.25, 0.3) is 5.70 Å². The minimum Gasteiger partial charge on any atom is -0.387 e. The molecule has 11 heavy (non-hydrogen) atoms. The lowest BCUT2D eigenvalue weighted by Gasteiger charge is -1.91. The molecular formula is C7H8N2O2. The topological polar surface area (TPSA) is 55.2 Å². The lowest BCUT2D eigenvalue weighted by Crippen LogP contribution is -2.01. The maximum atomic E-state index is 10.1. The molecule has 0 fully saturated rings. The lowest BCUT2D eigenvalue weighted by atomic mass is 10.2. The van der Waals surface area contributed by atoms with Crippen LogP contribution in [0.15, 0.2) is 36.2 Å². The zero-order valence-corrected chi connectivity index (χ0v) is 5.91. The zero-order valence-electron chi connectivity index (χ0n) is 5.91. The van der Waals surface area contributed by atoms with Crippen LogP contribution in [0.25, 0.3) is 0 Å². The highest BCUT2D eigenvalue weighted by Gasteiger charge is 2.05. The first-order valence-electron chi connectivity index (χ1n) is 3.14. The molecule has 0 unspecified atom stereocenters. The largest absolute Gasteiger partial charge is 0.387 e. The van der Waals surface area contributed by atoms with Crippen LogP contribution in [0.4, 0.5) is 0 Å². The van der Waals surface area contributed by atoms with Gasteiger partial charge in [-0.05, 0) is 24.4 Å². The number of allylic oxidation sites excluding steroid dienone is 1. The van der Waals surface area contributed by atoms with Gasteiger partial charge in [-0.25, -0.2) is 0 Å². The number of rotatable bonds is 2. The van der Waals surface area contributed by atoms with Gasteiger partial charge in [0.2, 0.25) is 0 Å². The Bertz CT molecular complexity index is 253. The van der Waals surface area contributed by atoms with Gasteiger partial charge in [-0.3, -0.25) is 10.1 Å². The van der Waals surface area contributed by atoms with Gasteiger partial charge >= 0.3 is 0 Å². The van der Waals surface area contributed by atoms with E-state index in [2.05, 4.69) is 11.9 Å². The smallest absolute Gasteiger partial charge is 0.262 e. The number of nitro groups is 1. The Morgan fingerprint density at radius 1 is 1.91 bits per heavy atom. The second kappa shape index (κ2) is 3.01. The van der Waals surface area contributed by atoms with Crippen molar-refractivity contribution < 1.29 is 4.92 Å². The van der Waals surface area contributed by atoms with Crippen LogP contribution in [0, 0.1) is 10.1 Å². The summed E-state index contributed by atoms with van der Waals surface area (Å²) in [5.41, 5.74) is 0.806. The highest BCUT2D eigenvalue weighted by Crippen LogP contribution is 2.05. The molecule has 0 aromatic rings. The minimum atomic E-state index is -0.501. The zero-order chi connectivity index (χ0) is 8.27. The number of nitrogens with zero attached hydrogens (tertiary/aromatic N) is 1. The lowest BCUT2D eigenvalue weighted by molar-refractivity contribution is -0.418. The molecular weight excluding hydrogens is 144 g/mol. The van der Waals surface area contributed by atoms with Crippen molar-refractivity contribution in [1.82, 2.24) is 5.32 Å². The molecule has 1 aliphatic rings. The molecule has 0 aliphatic carbocycles. The molecule has 0 saturated carbocycles. The summed E-state index contributed by atoms with van der Waals surface area (Å²) in [6, 6.07) is 0. The van der Waals surface area contributed by atoms with Gasteiger partial charge in [-0.1, -0.05) is 0 Å². The summed E-state index contributed by atoms with van der Waals surface area (Å²) in [6.07, 6.45) is 4.99. The molecule has 1 N–H and O–H groups in total. The van der Waals surface area contributed by atoms with Crippen LogP contribution < -0.4 is 5.32 Å². The SMILES string of the molecule is C=C(/C=C1/C=CNC1)[N+](=O)[O-]. The number of nitrogens with one attached hydrogen (secondary N) is 1. The Balaban J connectivity index is 2.65. The highest BCUT2D eigenvalue weighted by atomic mass is 16.6. The van der Waals surface area contributed by atoms with E-state index in [1.165, 1.54) is 6.08 Å². The summed E-state index contributed by atoms with van der Waals surface area (Å²) in [6.45, 7) is 3.93. The summed E-state index contributed by atoms with van der Waals surface area (Å²) in [7, 11) is 0. The normalized spacial score (nSPS) is 18.4. The second-order valence-electron chi connectivity index (χ2n) is 2.18. The van der Waals surface area contributed by atoms with E-state index in [1.54, 1.807) is 12.3 Å². The van der Waals surface area contributed by atoms with Crippen LogP contribution >= 0.6 is 0 Å². The second-order valence-corrected chi connectivity index (χ2v) is 2.18. The Hall–Kier alpha value is -1.58. The first-order valence-corrected chi connectivity index (χ1v) is 3.14. The molecule has 0 atom stereocenters. The third-order valence-electron chi connectivity index (χ3n) is 1.31. The van der Waals surface area contributed by atoms with Crippen molar-refractivity contribution in [2.24, 2.45) is 0 Å². The average Bonchev–Trinajstić information content (AvgIpc) is 2.39.